The van der Waals surface area contributed by atoms with Gasteiger partial charge in [0.05, 0.1) is 15.5 Å². The van der Waals surface area contributed by atoms with Crippen molar-refractivity contribution in [2.45, 2.75) is 4.90 Å². The molecule has 2 N–H and O–H groups in total. The average molecular weight is 383 g/mol. The van der Waals surface area contributed by atoms with Crippen LogP contribution in [-0.2, 0) is 14.8 Å². The fraction of sp³-hybridized carbons (Fsp3) is 0. The summed E-state index contributed by atoms with van der Waals surface area (Å²) in [5.41, 5.74) is 0.0745. The lowest BCUT2D eigenvalue weighted by Crippen LogP contribution is -2.13. The molecule has 0 amide bonds. The van der Waals surface area contributed by atoms with Crippen LogP contribution in [0, 0.1) is 10.1 Å². The summed E-state index contributed by atoms with van der Waals surface area (Å²) in [6.07, 6.45) is 2.24. The summed E-state index contributed by atoms with van der Waals surface area (Å²) in [6, 6.07) is 8.97. The second-order valence-electron chi connectivity index (χ2n) is 4.77. The highest BCUT2D eigenvalue weighted by Crippen LogP contribution is 2.28. The van der Waals surface area contributed by atoms with Crippen LogP contribution in [0.25, 0.3) is 6.08 Å². The highest BCUT2D eigenvalue weighted by atomic mass is 35.5. The van der Waals surface area contributed by atoms with Gasteiger partial charge in [-0.15, -0.1) is 0 Å². The number of hydrogen-bond donors (Lipinski definition) is 2. The highest BCUT2D eigenvalue weighted by molar-refractivity contribution is 7.92. The summed E-state index contributed by atoms with van der Waals surface area (Å²) in [5, 5.41) is 19.3. The maximum atomic E-state index is 12.3. The summed E-state index contributed by atoms with van der Waals surface area (Å²) in [6.45, 7) is 0. The third-order valence-corrected chi connectivity index (χ3v) is 4.72. The van der Waals surface area contributed by atoms with Crippen molar-refractivity contribution < 1.29 is 23.2 Å². The first kappa shape index (κ1) is 18.4. The van der Waals surface area contributed by atoms with Gasteiger partial charge in [-0.3, -0.25) is 14.8 Å². The van der Waals surface area contributed by atoms with Gasteiger partial charge in [0.2, 0.25) is 0 Å². The Morgan fingerprint density at radius 3 is 2.40 bits per heavy atom. The molecule has 0 aromatic heterocycles. The second-order valence-corrected chi connectivity index (χ2v) is 6.86. The largest absolute Gasteiger partial charge is 0.478 e. The zero-order valence-corrected chi connectivity index (χ0v) is 14.0. The van der Waals surface area contributed by atoms with E-state index < -0.39 is 26.6 Å². The molecule has 25 heavy (non-hydrogen) atoms. The quantitative estimate of drug-likeness (QED) is 0.449. The third kappa shape index (κ3) is 4.78. The maximum absolute atomic E-state index is 12.3. The number of carboxylic acid groups (broad SMARTS) is 1. The number of nitro benzene ring substituents is 1. The molecule has 0 saturated heterocycles. The van der Waals surface area contributed by atoms with Crippen LogP contribution in [0.1, 0.15) is 5.56 Å². The van der Waals surface area contributed by atoms with Gasteiger partial charge in [0.15, 0.2) is 0 Å². The van der Waals surface area contributed by atoms with Gasteiger partial charge in [-0.2, -0.15) is 0 Å². The number of nitro groups is 1. The van der Waals surface area contributed by atoms with Crippen molar-refractivity contribution in [3.63, 3.8) is 0 Å². The molecule has 2 aromatic carbocycles. The summed E-state index contributed by atoms with van der Waals surface area (Å²) in [5.74, 6) is -1.12. The molecular formula is C15H11ClN2O6S. The van der Waals surface area contributed by atoms with Gasteiger partial charge < -0.3 is 5.11 Å². The van der Waals surface area contributed by atoms with Crippen LogP contribution in [0.3, 0.4) is 0 Å². The Kier molecular flexibility index (Phi) is 5.40. The topological polar surface area (TPSA) is 127 Å². The number of nitrogens with one attached hydrogen (secondary N) is 1. The monoisotopic (exact) mass is 382 g/mol. The number of halogens is 1. The van der Waals surface area contributed by atoms with E-state index in [4.69, 9.17) is 16.7 Å². The Morgan fingerprint density at radius 1 is 1.20 bits per heavy atom. The molecule has 0 radical (unpaired) electrons. The van der Waals surface area contributed by atoms with Gasteiger partial charge in [-0.1, -0.05) is 23.7 Å². The van der Waals surface area contributed by atoms with Crippen molar-refractivity contribution in [1.82, 2.24) is 0 Å². The molecule has 0 aliphatic rings. The molecule has 8 nitrogen and oxygen atoms in total. The zero-order valence-electron chi connectivity index (χ0n) is 12.4. The summed E-state index contributed by atoms with van der Waals surface area (Å²) < 4.78 is 26.9. The van der Waals surface area contributed by atoms with Gasteiger partial charge >= 0.3 is 5.97 Å². The first-order valence-electron chi connectivity index (χ1n) is 6.67. The lowest BCUT2D eigenvalue weighted by molar-refractivity contribution is -0.384. The fourth-order valence-electron chi connectivity index (χ4n) is 1.86. The molecule has 0 spiro atoms. The van der Waals surface area contributed by atoms with Gasteiger partial charge in [0, 0.05) is 12.1 Å². The number of sulfonamides is 1. The van der Waals surface area contributed by atoms with Crippen LogP contribution in [0.5, 0.6) is 0 Å². The predicted molar refractivity (Wildman–Crippen MR) is 92.0 cm³/mol. The van der Waals surface area contributed by atoms with Crippen LogP contribution in [-0.4, -0.2) is 24.4 Å². The van der Waals surface area contributed by atoms with Crippen LogP contribution < -0.4 is 4.72 Å². The lowest BCUT2D eigenvalue weighted by Gasteiger charge is -2.08. The van der Waals surface area contributed by atoms with Gasteiger partial charge in [-0.05, 0) is 35.9 Å². The highest BCUT2D eigenvalue weighted by Gasteiger charge is 2.18. The second kappa shape index (κ2) is 7.32. The Hall–Kier alpha value is -2.91. The van der Waals surface area contributed by atoms with Crippen LogP contribution in [0.2, 0.25) is 5.02 Å². The molecule has 0 heterocycles. The van der Waals surface area contributed by atoms with Crippen molar-refractivity contribution in [3.05, 3.63) is 69.2 Å². The number of nitrogens with zero attached hydrogens (tertiary/aromatic N) is 1. The standard InChI is InChI=1S/C15H11ClN2O6S/c16-13-7-4-11(9-14(13)18(21)22)17-25(23,24)12-5-1-10(2-6-12)3-8-15(19)20/h1-9,17H,(H,19,20)/b8-3-. The van der Waals surface area contributed by atoms with Gasteiger partial charge in [-0.25, -0.2) is 13.2 Å². The summed E-state index contributed by atoms with van der Waals surface area (Å²) in [7, 11) is -3.97. The molecular weight excluding hydrogens is 372 g/mol. The number of aliphatic carboxylic acids is 1. The molecule has 130 valence electrons. The first-order valence-corrected chi connectivity index (χ1v) is 8.53. The molecule has 0 atom stereocenters. The first-order chi connectivity index (χ1) is 11.7. The SMILES string of the molecule is O=C(O)/C=C\c1ccc(S(=O)(=O)Nc2ccc(Cl)c([N+](=O)[O-])c2)cc1. The van der Waals surface area contributed by atoms with E-state index >= 15 is 0 Å². The van der Waals surface area contributed by atoms with E-state index in [1.54, 1.807) is 0 Å². The molecule has 0 fully saturated rings. The van der Waals surface area contributed by atoms with E-state index in [-0.39, 0.29) is 15.6 Å². The average Bonchev–Trinajstić information content (AvgIpc) is 2.54. The number of hydrogen-bond acceptors (Lipinski definition) is 5. The number of carbonyl (C=O) groups is 1. The Balaban J connectivity index is 2.26. The molecule has 2 aromatic rings. The third-order valence-electron chi connectivity index (χ3n) is 3.00. The smallest absolute Gasteiger partial charge is 0.328 e. The van der Waals surface area contributed by atoms with E-state index in [0.717, 1.165) is 12.1 Å². The van der Waals surface area contributed by atoms with Crippen molar-refractivity contribution >= 4 is 45.0 Å². The molecule has 0 bridgehead atoms. The van der Waals surface area contributed by atoms with E-state index in [1.807, 2.05) is 0 Å². The van der Waals surface area contributed by atoms with Crippen molar-refractivity contribution in [3.8, 4) is 0 Å². The van der Waals surface area contributed by atoms with E-state index in [2.05, 4.69) is 4.72 Å². The van der Waals surface area contributed by atoms with E-state index in [1.165, 1.54) is 42.5 Å². The normalized spacial score (nSPS) is 11.4. The van der Waals surface area contributed by atoms with Crippen LogP contribution >= 0.6 is 11.6 Å². The van der Waals surface area contributed by atoms with Crippen molar-refractivity contribution in [2.24, 2.45) is 0 Å². The number of carboxylic acids is 1. The summed E-state index contributed by atoms with van der Waals surface area (Å²) >= 11 is 5.68. The predicted octanol–water partition coefficient (Wildman–Crippen LogP) is 3.15. The number of anilines is 1. The van der Waals surface area contributed by atoms with Crippen LogP contribution in [0.4, 0.5) is 11.4 Å². The van der Waals surface area contributed by atoms with E-state index in [0.29, 0.717) is 5.56 Å². The van der Waals surface area contributed by atoms with Crippen molar-refractivity contribution in [2.75, 3.05) is 4.72 Å². The fourth-order valence-corrected chi connectivity index (χ4v) is 3.09. The molecule has 2 rings (SSSR count). The number of rotatable bonds is 6. The molecule has 10 heteroatoms. The maximum Gasteiger partial charge on any atom is 0.328 e. The molecule has 0 unspecified atom stereocenters. The number of benzene rings is 2. The Bertz CT molecular complexity index is 954. The molecule has 0 aliphatic carbocycles. The molecule has 0 saturated carbocycles. The van der Waals surface area contributed by atoms with E-state index in [9.17, 15) is 23.3 Å². The minimum Gasteiger partial charge on any atom is -0.478 e. The molecule has 0 aliphatic heterocycles. The van der Waals surface area contributed by atoms with Gasteiger partial charge in [0.25, 0.3) is 15.7 Å². The van der Waals surface area contributed by atoms with Crippen LogP contribution in [0.15, 0.2) is 53.4 Å². The van der Waals surface area contributed by atoms with Crippen molar-refractivity contribution in [1.29, 1.82) is 0 Å². The van der Waals surface area contributed by atoms with Gasteiger partial charge in [0.1, 0.15) is 5.02 Å². The minimum absolute atomic E-state index is 0.00838. The Labute approximate surface area is 147 Å². The zero-order chi connectivity index (χ0) is 18.6. The Morgan fingerprint density at radius 2 is 1.84 bits per heavy atom. The lowest BCUT2D eigenvalue weighted by atomic mass is 10.2. The summed E-state index contributed by atoms with van der Waals surface area (Å²) in [4.78, 5) is 20.5. The minimum atomic E-state index is -3.97.